The highest BCUT2D eigenvalue weighted by Crippen LogP contribution is 2.32. The molecular formula is C23H28N4O5. The van der Waals surface area contributed by atoms with E-state index >= 15 is 0 Å². The van der Waals surface area contributed by atoms with Crippen molar-refractivity contribution in [2.45, 2.75) is 44.2 Å². The number of benzene rings is 1. The van der Waals surface area contributed by atoms with Gasteiger partial charge < -0.3 is 15.0 Å². The zero-order valence-corrected chi connectivity index (χ0v) is 18.0. The molecule has 1 unspecified atom stereocenters. The molecule has 2 N–H and O–H groups in total. The van der Waals surface area contributed by atoms with Crippen LogP contribution in [0, 0.1) is 5.92 Å². The van der Waals surface area contributed by atoms with Crippen LogP contribution in [0.25, 0.3) is 0 Å². The Morgan fingerprint density at radius 3 is 2.47 bits per heavy atom. The summed E-state index contributed by atoms with van der Waals surface area (Å²) in [5, 5.41) is 5.60. The first-order valence-corrected chi connectivity index (χ1v) is 11.4. The lowest BCUT2D eigenvalue weighted by Gasteiger charge is -2.41. The largest absolute Gasteiger partial charge is 0.375 e. The van der Waals surface area contributed by atoms with E-state index < -0.39 is 23.8 Å². The molecule has 0 saturated carbocycles. The van der Waals surface area contributed by atoms with E-state index in [-0.39, 0.29) is 24.9 Å². The van der Waals surface area contributed by atoms with Gasteiger partial charge in [0.05, 0.1) is 17.2 Å². The molecule has 3 fully saturated rings. The zero-order valence-electron chi connectivity index (χ0n) is 18.0. The van der Waals surface area contributed by atoms with Gasteiger partial charge in [0.2, 0.25) is 11.8 Å². The lowest BCUT2D eigenvalue weighted by atomic mass is 9.95. The van der Waals surface area contributed by atoms with Crippen LogP contribution in [0.3, 0.4) is 0 Å². The van der Waals surface area contributed by atoms with Crippen LogP contribution < -0.4 is 15.5 Å². The summed E-state index contributed by atoms with van der Waals surface area (Å²) in [4.78, 5) is 52.5. The Balaban J connectivity index is 1.17. The molecule has 4 aliphatic heterocycles. The average Bonchev–Trinajstić information content (AvgIpc) is 3.00. The molecule has 3 saturated heterocycles. The van der Waals surface area contributed by atoms with Crippen molar-refractivity contribution < 1.29 is 23.9 Å². The van der Waals surface area contributed by atoms with E-state index in [2.05, 4.69) is 15.5 Å². The van der Waals surface area contributed by atoms with Crippen LogP contribution in [0.4, 0.5) is 5.69 Å². The number of nitrogens with one attached hydrogen (secondary N) is 2. The van der Waals surface area contributed by atoms with E-state index in [1.165, 1.54) is 12.8 Å². The highest BCUT2D eigenvalue weighted by molar-refractivity contribution is 6.23. The summed E-state index contributed by atoms with van der Waals surface area (Å²) in [5.41, 5.74) is 1.49. The Morgan fingerprint density at radius 1 is 0.969 bits per heavy atom. The van der Waals surface area contributed by atoms with Crippen molar-refractivity contribution in [1.29, 1.82) is 0 Å². The number of ether oxygens (including phenoxy) is 1. The molecule has 5 rings (SSSR count). The molecule has 0 bridgehead atoms. The number of piperidine rings is 2. The smallest absolute Gasteiger partial charge is 0.262 e. The van der Waals surface area contributed by atoms with Crippen molar-refractivity contribution in [2.24, 2.45) is 5.92 Å². The SMILES string of the molecule is O=C1CCC(N2C(=O)c3ccc(N4CC(OCCC5CCNCC5)C4)cc3C2=O)C(=O)N1. The molecule has 0 spiro atoms. The number of carbonyl (C=O) groups is 4. The number of amides is 4. The van der Waals surface area contributed by atoms with Crippen molar-refractivity contribution >= 4 is 29.3 Å². The number of imide groups is 2. The number of fused-ring (bicyclic) bond motifs is 1. The Kier molecular flexibility index (Phi) is 5.69. The van der Waals surface area contributed by atoms with Gasteiger partial charge in [-0.2, -0.15) is 0 Å². The van der Waals surface area contributed by atoms with Crippen LogP contribution in [0.5, 0.6) is 0 Å². The maximum absolute atomic E-state index is 13.0. The van der Waals surface area contributed by atoms with Crippen LogP contribution in [-0.2, 0) is 14.3 Å². The normalized spacial score (nSPS) is 24.6. The highest BCUT2D eigenvalue weighted by atomic mass is 16.5. The molecule has 0 radical (unpaired) electrons. The van der Waals surface area contributed by atoms with Gasteiger partial charge in [0, 0.05) is 31.8 Å². The van der Waals surface area contributed by atoms with Gasteiger partial charge in [-0.05, 0) is 62.9 Å². The van der Waals surface area contributed by atoms with Crippen LogP contribution in [0.2, 0.25) is 0 Å². The molecule has 32 heavy (non-hydrogen) atoms. The van der Waals surface area contributed by atoms with Gasteiger partial charge in [0.15, 0.2) is 0 Å². The Morgan fingerprint density at radius 2 is 1.72 bits per heavy atom. The molecule has 9 nitrogen and oxygen atoms in total. The summed E-state index contributed by atoms with van der Waals surface area (Å²) in [6, 6.07) is 4.28. The first kappa shape index (κ1) is 21.1. The lowest BCUT2D eigenvalue weighted by molar-refractivity contribution is -0.136. The third-order valence-electron chi connectivity index (χ3n) is 6.97. The number of hydrogen-bond donors (Lipinski definition) is 2. The summed E-state index contributed by atoms with van der Waals surface area (Å²) in [5.74, 6) is -1.18. The third kappa shape index (κ3) is 3.91. The van der Waals surface area contributed by atoms with Gasteiger partial charge in [-0.15, -0.1) is 0 Å². The minimum atomic E-state index is -0.940. The van der Waals surface area contributed by atoms with Gasteiger partial charge in [-0.3, -0.25) is 29.4 Å². The van der Waals surface area contributed by atoms with Crippen LogP contribution in [-0.4, -0.2) is 73.5 Å². The number of nitrogens with zero attached hydrogens (tertiary/aromatic N) is 2. The molecule has 0 aromatic heterocycles. The van der Waals surface area contributed by atoms with E-state index in [0.717, 1.165) is 55.7 Å². The highest BCUT2D eigenvalue weighted by Gasteiger charge is 2.45. The quantitative estimate of drug-likeness (QED) is 0.627. The summed E-state index contributed by atoms with van der Waals surface area (Å²) >= 11 is 0. The molecule has 4 heterocycles. The van der Waals surface area contributed by atoms with Gasteiger partial charge in [0.25, 0.3) is 11.8 Å². The Bertz CT molecular complexity index is 952. The molecule has 4 amide bonds. The predicted octanol–water partition coefficient (Wildman–Crippen LogP) is 0.683. The Labute approximate surface area is 186 Å². The van der Waals surface area contributed by atoms with Crippen molar-refractivity contribution in [3.05, 3.63) is 29.3 Å². The fourth-order valence-corrected chi connectivity index (χ4v) is 4.98. The van der Waals surface area contributed by atoms with E-state index in [1.54, 1.807) is 12.1 Å². The first-order chi connectivity index (χ1) is 15.5. The number of carbonyl (C=O) groups excluding carboxylic acids is 4. The molecule has 4 aliphatic rings. The lowest BCUT2D eigenvalue weighted by Crippen LogP contribution is -2.54. The zero-order chi connectivity index (χ0) is 22.2. The number of anilines is 1. The van der Waals surface area contributed by atoms with E-state index in [4.69, 9.17) is 4.74 Å². The maximum atomic E-state index is 13.0. The van der Waals surface area contributed by atoms with Crippen molar-refractivity contribution in [3.8, 4) is 0 Å². The summed E-state index contributed by atoms with van der Waals surface area (Å²) < 4.78 is 6.02. The van der Waals surface area contributed by atoms with Gasteiger partial charge >= 0.3 is 0 Å². The van der Waals surface area contributed by atoms with Crippen LogP contribution in [0.15, 0.2) is 18.2 Å². The van der Waals surface area contributed by atoms with Crippen LogP contribution in [0.1, 0.15) is 52.8 Å². The molecule has 1 aromatic rings. The van der Waals surface area contributed by atoms with E-state index in [1.807, 2.05) is 6.07 Å². The summed E-state index contributed by atoms with van der Waals surface area (Å²) in [6.07, 6.45) is 4.00. The van der Waals surface area contributed by atoms with E-state index in [9.17, 15) is 19.2 Å². The number of hydrogen-bond acceptors (Lipinski definition) is 7. The van der Waals surface area contributed by atoms with E-state index in [0.29, 0.717) is 11.1 Å². The predicted molar refractivity (Wildman–Crippen MR) is 115 cm³/mol. The maximum Gasteiger partial charge on any atom is 0.262 e. The second-order valence-corrected chi connectivity index (χ2v) is 9.06. The van der Waals surface area contributed by atoms with Crippen molar-refractivity contribution in [1.82, 2.24) is 15.5 Å². The standard InChI is InChI=1S/C23H28N4O5/c28-20-4-3-19(21(29)25-20)27-22(30)17-2-1-15(11-18(17)23(27)31)26-12-16(13-26)32-10-7-14-5-8-24-9-6-14/h1-2,11,14,16,19,24H,3-10,12-13H2,(H,25,28,29). The minimum absolute atomic E-state index is 0.113. The first-order valence-electron chi connectivity index (χ1n) is 11.4. The van der Waals surface area contributed by atoms with Gasteiger partial charge in [0.1, 0.15) is 6.04 Å². The average molecular weight is 441 g/mol. The molecule has 170 valence electrons. The Hall–Kier alpha value is -2.78. The molecular weight excluding hydrogens is 412 g/mol. The van der Waals surface area contributed by atoms with Crippen LogP contribution >= 0.6 is 0 Å². The molecule has 1 atom stereocenters. The van der Waals surface area contributed by atoms with Crippen molar-refractivity contribution in [2.75, 3.05) is 37.7 Å². The second kappa shape index (κ2) is 8.63. The molecule has 0 aliphatic carbocycles. The molecule has 1 aromatic carbocycles. The van der Waals surface area contributed by atoms with Gasteiger partial charge in [-0.1, -0.05) is 0 Å². The van der Waals surface area contributed by atoms with Gasteiger partial charge in [-0.25, -0.2) is 0 Å². The summed E-state index contributed by atoms with van der Waals surface area (Å²) in [7, 11) is 0. The number of rotatable bonds is 6. The fourth-order valence-electron chi connectivity index (χ4n) is 4.98. The monoisotopic (exact) mass is 440 g/mol. The molecule has 9 heteroatoms. The summed E-state index contributed by atoms with van der Waals surface area (Å²) in [6.45, 7) is 4.49. The van der Waals surface area contributed by atoms with Crippen molar-refractivity contribution in [3.63, 3.8) is 0 Å². The topological polar surface area (TPSA) is 108 Å². The third-order valence-corrected chi connectivity index (χ3v) is 6.97. The minimum Gasteiger partial charge on any atom is -0.375 e. The fraction of sp³-hybridized carbons (Fsp3) is 0.565. The second-order valence-electron chi connectivity index (χ2n) is 9.06.